The summed E-state index contributed by atoms with van der Waals surface area (Å²) >= 11 is 0. The van der Waals surface area contributed by atoms with E-state index in [4.69, 9.17) is 9.84 Å². The third-order valence-corrected chi connectivity index (χ3v) is 1.63. The van der Waals surface area contributed by atoms with E-state index in [-0.39, 0.29) is 6.54 Å². The van der Waals surface area contributed by atoms with Crippen molar-refractivity contribution in [1.82, 2.24) is 4.90 Å². The standard InChI is InChI=1S/C11H19NO5/c1-7(13)6-12(8(2)9(14)15)10(16)17-11(3,4)5/h7,13H,2,6H2,1,3-5H3,(H,14,15). The van der Waals surface area contributed by atoms with Crippen LogP contribution in [0.4, 0.5) is 4.79 Å². The minimum absolute atomic E-state index is 0.181. The van der Waals surface area contributed by atoms with Crippen LogP contribution in [0.25, 0.3) is 0 Å². The Morgan fingerprint density at radius 3 is 2.18 bits per heavy atom. The number of aliphatic carboxylic acids is 1. The van der Waals surface area contributed by atoms with Crippen LogP contribution in [0.3, 0.4) is 0 Å². The van der Waals surface area contributed by atoms with Crippen molar-refractivity contribution < 1.29 is 24.5 Å². The zero-order valence-electron chi connectivity index (χ0n) is 10.6. The Bertz CT molecular complexity index is 316. The lowest BCUT2D eigenvalue weighted by atomic mass is 10.2. The van der Waals surface area contributed by atoms with Gasteiger partial charge in [0.1, 0.15) is 11.3 Å². The molecule has 0 bridgehead atoms. The van der Waals surface area contributed by atoms with Gasteiger partial charge in [0.2, 0.25) is 0 Å². The fourth-order valence-electron chi connectivity index (χ4n) is 0.992. The molecule has 1 unspecified atom stereocenters. The number of carboxylic acid groups (broad SMARTS) is 1. The molecule has 0 rings (SSSR count). The van der Waals surface area contributed by atoms with Gasteiger partial charge >= 0.3 is 12.1 Å². The van der Waals surface area contributed by atoms with Crippen LogP contribution in [0.1, 0.15) is 27.7 Å². The number of carbonyl (C=O) groups excluding carboxylic acids is 1. The monoisotopic (exact) mass is 245 g/mol. The summed E-state index contributed by atoms with van der Waals surface area (Å²) in [4.78, 5) is 23.3. The SMILES string of the molecule is C=C(C(=O)O)N(CC(C)O)C(=O)OC(C)(C)C. The number of nitrogens with zero attached hydrogens (tertiary/aromatic N) is 1. The van der Waals surface area contributed by atoms with Gasteiger partial charge in [-0.15, -0.1) is 0 Å². The minimum Gasteiger partial charge on any atom is -0.477 e. The molecule has 0 aliphatic rings. The fraction of sp³-hybridized carbons (Fsp3) is 0.636. The minimum atomic E-state index is -1.34. The summed E-state index contributed by atoms with van der Waals surface area (Å²) in [6, 6.07) is 0. The van der Waals surface area contributed by atoms with Crippen molar-refractivity contribution in [2.24, 2.45) is 0 Å². The number of ether oxygens (including phenoxy) is 1. The molecule has 0 heterocycles. The molecule has 0 radical (unpaired) electrons. The predicted molar refractivity (Wildman–Crippen MR) is 61.4 cm³/mol. The fourth-order valence-corrected chi connectivity index (χ4v) is 0.992. The summed E-state index contributed by atoms with van der Waals surface area (Å²) < 4.78 is 5.02. The average molecular weight is 245 g/mol. The average Bonchev–Trinajstić information content (AvgIpc) is 2.09. The zero-order valence-corrected chi connectivity index (χ0v) is 10.6. The molecular formula is C11H19NO5. The molecule has 6 heteroatoms. The second kappa shape index (κ2) is 5.67. The zero-order chi connectivity index (χ0) is 13.8. The molecule has 1 atom stereocenters. The van der Waals surface area contributed by atoms with Crippen molar-refractivity contribution in [3.8, 4) is 0 Å². The largest absolute Gasteiger partial charge is 0.477 e. The maximum absolute atomic E-state index is 11.7. The maximum Gasteiger partial charge on any atom is 0.415 e. The van der Waals surface area contributed by atoms with Gasteiger partial charge in [-0.1, -0.05) is 6.58 Å². The van der Waals surface area contributed by atoms with Gasteiger partial charge in [-0.25, -0.2) is 9.59 Å². The van der Waals surface area contributed by atoms with Crippen LogP contribution in [0.5, 0.6) is 0 Å². The van der Waals surface area contributed by atoms with Crippen LogP contribution in [-0.4, -0.2) is 45.4 Å². The molecule has 0 spiro atoms. The van der Waals surface area contributed by atoms with Crippen molar-refractivity contribution in [3.05, 3.63) is 12.3 Å². The van der Waals surface area contributed by atoms with Crippen LogP contribution in [0.2, 0.25) is 0 Å². The van der Waals surface area contributed by atoms with Crippen molar-refractivity contribution in [2.45, 2.75) is 39.4 Å². The molecule has 0 saturated heterocycles. The summed E-state index contributed by atoms with van der Waals surface area (Å²) in [5.41, 5.74) is -1.17. The Morgan fingerprint density at radius 2 is 1.88 bits per heavy atom. The van der Waals surface area contributed by atoms with Gasteiger partial charge in [-0.05, 0) is 27.7 Å². The normalized spacial score (nSPS) is 12.8. The Balaban J connectivity index is 4.87. The first-order valence-electron chi connectivity index (χ1n) is 5.15. The summed E-state index contributed by atoms with van der Waals surface area (Å²) in [6.07, 6.45) is -1.72. The number of aliphatic hydroxyl groups excluding tert-OH is 1. The van der Waals surface area contributed by atoms with Gasteiger partial charge in [0.05, 0.1) is 12.6 Å². The van der Waals surface area contributed by atoms with Gasteiger partial charge in [-0.3, -0.25) is 4.90 Å². The molecule has 0 aromatic rings. The van der Waals surface area contributed by atoms with E-state index in [2.05, 4.69) is 6.58 Å². The first-order valence-corrected chi connectivity index (χ1v) is 5.15. The highest BCUT2D eigenvalue weighted by Gasteiger charge is 2.27. The molecule has 0 aromatic heterocycles. The van der Waals surface area contributed by atoms with Gasteiger partial charge in [0, 0.05) is 0 Å². The molecule has 98 valence electrons. The summed E-state index contributed by atoms with van der Waals surface area (Å²) in [5.74, 6) is -1.34. The number of hydrogen-bond donors (Lipinski definition) is 2. The summed E-state index contributed by atoms with van der Waals surface area (Å²) in [6.45, 7) is 9.51. The molecule has 6 nitrogen and oxygen atoms in total. The summed E-state index contributed by atoms with van der Waals surface area (Å²) in [7, 11) is 0. The van der Waals surface area contributed by atoms with E-state index in [0.29, 0.717) is 0 Å². The van der Waals surface area contributed by atoms with Gasteiger partial charge < -0.3 is 14.9 Å². The summed E-state index contributed by atoms with van der Waals surface area (Å²) in [5, 5.41) is 18.0. The first-order chi connectivity index (χ1) is 7.54. The maximum atomic E-state index is 11.7. The molecular weight excluding hydrogens is 226 g/mol. The van der Waals surface area contributed by atoms with Crippen LogP contribution in [0, 0.1) is 0 Å². The van der Waals surface area contributed by atoms with Crippen molar-refractivity contribution in [2.75, 3.05) is 6.54 Å². The number of hydrogen-bond acceptors (Lipinski definition) is 4. The topological polar surface area (TPSA) is 87.1 Å². The molecule has 0 saturated carbocycles. The molecule has 0 fully saturated rings. The lowest BCUT2D eigenvalue weighted by Crippen LogP contribution is -2.41. The Morgan fingerprint density at radius 1 is 1.41 bits per heavy atom. The third kappa shape index (κ3) is 5.91. The van der Waals surface area contributed by atoms with Gasteiger partial charge in [0.15, 0.2) is 0 Å². The number of aliphatic hydroxyl groups is 1. The van der Waals surface area contributed by atoms with E-state index in [0.717, 1.165) is 4.90 Å². The van der Waals surface area contributed by atoms with Crippen LogP contribution >= 0.6 is 0 Å². The lowest BCUT2D eigenvalue weighted by Gasteiger charge is -2.27. The van der Waals surface area contributed by atoms with E-state index < -0.39 is 29.5 Å². The van der Waals surface area contributed by atoms with E-state index >= 15 is 0 Å². The third-order valence-electron chi connectivity index (χ3n) is 1.63. The molecule has 2 N–H and O–H groups in total. The Hall–Kier alpha value is -1.56. The molecule has 0 aliphatic heterocycles. The first kappa shape index (κ1) is 15.4. The van der Waals surface area contributed by atoms with Crippen LogP contribution < -0.4 is 0 Å². The second-order valence-electron chi connectivity index (χ2n) is 4.69. The molecule has 17 heavy (non-hydrogen) atoms. The Labute approximate surface area is 100 Å². The van der Waals surface area contributed by atoms with Gasteiger partial charge in [-0.2, -0.15) is 0 Å². The van der Waals surface area contributed by atoms with Crippen molar-refractivity contribution in [3.63, 3.8) is 0 Å². The van der Waals surface area contributed by atoms with Gasteiger partial charge in [0.25, 0.3) is 0 Å². The second-order valence-corrected chi connectivity index (χ2v) is 4.69. The molecule has 0 aliphatic carbocycles. The van der Waals surface area contributed by atoms with Crippen molar-refractivity contribution in [1.29, 1.82) is 0 Å². The highest BCUT2D eigenvalue weighted by molar-refractivity contribution is 5.90. The van der Waals surface area contributed by atoms with Crippen molar-refractivity contribution >= 4 is 12.1 Å². The van der Waals surface area contributed by atoms with E-state index in [1.165, 1.54) is 6.92 Å². The quantitative estimate of drug-likeness (QED) is 0.727. The number of carbonyl (C=O) groups is 2. The molecule has 1 amide bonds. The van der Waals surface area contributed by atoms with E-state index in [9.17, 15) is 14.7 Å². The smallest absolute Gasteiger partial charge is 0.415 e. The Kier molecular flexibility index (Phi) is 5.15. The van der Waals surface area contributed by atoms with Crippen LogP contribution in [0.15, 0.2) is 12.3 Å². The number of amides is 1. The highest BCUT2D eigenvalue weighted by Crippen LogP contribution is 2.13. The van der Waals surface area contributed by atoms with E-state index in [1.54, 1.807) is 20.8 Å². The lowest BCUT2D eigenvalue weighted by molar-refractivity contribution is -0.134. The van der Waals surface area contributed by atoms with Crippen LogP contribution in [-0.2, 0) is 9.53 Å². The predicted octanol–water partition coefficient (Wildman–Crippen LogP) is 1.20. The number of carboxylic acids is 1. The van der Waals surface area contributed by atoms with E-state index in [1.807, 2.05) is 0 Å². The number of rotatable bonds is 4. The molecule has 0 aromatic carbocycles. The highest BCUT2D eigenvalue weighted by atomic mass is 16.6.